The van der Waals surface area contributed by atoms with Crippen LogP contribution in [-0.4, -0.2) is 34.1 Å². The van der Waals surface area contributed by atoms with Gasteiger partial charge in [-0.15, -0.1) is 0 Å². The number of aromatic carboxylic acids is 1. The van der Waals surface area contributed by atoms with Gasteiger partial charge in [0.05, 0.1) is 10.6 Å². The second-order valence-corrected chi connectivity index (χ2v) is 5.05. The number of carboxylic acid groups (broad SMARTS) is 1. The van der Waals surface area contributed by atoms with Crippen molar-refractivity contribution in [3.05, 3.63) is 26.4 Å². The average Bonchev–Trinajstić information content (AvgIpc) is 2.38. The summed E-state index contributed by atoms with van der Waals surface area (Å²) in [6, 6.07) is 0. The summed E-state index contributed by atoms with van der Waals surface area (Å²) < 4.78 is 0. The first-order chi connectivity index (χ1) is 9.43. The van der Waals surface area contributed by atoms with Crippen LogP contribution in [0.1, 0.15) is 35.3 Å². The Bertz CT molecular complexity index is 570. The molecule has 0 aromatic carbocycles. The highest BCUT2D eigenvalue weighted by Crippen LogP contribution is 2.38. The van der Waals surface area contributed by atoms with Crippen molar-refractivity contribution >= 4 is 29.1 Å². The van der Waals surface area contributed by atoms with E-state index in [9.17, 15) is 14.9 Å². The Labute approximate surface area is 120 Å². The number of rotatable bonds is 3. The third kappa shape index (κ3) is 2.53. The van der Waals surface area contributed by atoms with Gasteiger partial charge in [-0.3, -0.25) is 10.1 Å². The first kappa shape index (κ1) is 14.5. The van der Waals surface area contributed by atoms with Crippen molar-refractivity contribution in [2.75, 3.05) is 18.0 Å². The van der Waals surface area contributed by atoms with Gasteiger partial charge in [-0.2, -0.15) is 0 Å². The summed E-state index contributed by atoms with van der Waals surface area (Å²) in [6.07, 6.45) is 2.93. The Morgan fingerprint density at radius 2 is 2.00 bits per heavy atom. The second kappa shape index (κ2) is 5.62. The lowest BCUT2D eigenvalue weighted by atomic mass is 10.1. The van der Waals surface area contributed by atoms with Crippen LogP contribution in [0.25, 0.3) is 0 Å². The van der Waals surface area contributed by atoms with Crippen LogP contribution in [0.2, 0.25) is 5.02 Å². The number of nitrogens with zero attached hydrogens (tertiary/aromatic N) is 3. The van der Waals surface area contributed by atoms with Gasteiger partial charge in [-0.05, 0) is 26.2 Å². The van der Waals surface area contributed by atoms with E-state index in [4.69, 9.17) is 16.7 Å². The van der Waals surface area contributed by atoms with E-state index in [1.807, 2.05) is 0 Å². The highest BCUT2D eigenvalue weighted by Gasteiger charge is 2.31. The molecule has 1 aliphatic heterocycles. The molecule has 0 spiro atoms. The number of nitro groups is 1. The summed E-state index contributed by atoms with van der Waals surface area (Å²) >= 11 is 5.94. The summed E-state index contributed by atoms with van der Waals surface area (Å²) in [5.74, 6) is -1.14. The maximum absolute atomic E-state index is 11.2. The lowest BCUT2D eigenvalue weighted by Crippen LogP contribution is -2.31. The molecule has 0 amide bonds. The maximum atomic E-state index is 11.2. The molecule has 0 radical (unpaired) electrons. The first-order valence-electron chi connectivity index (χ1n) is 6.26. The molecular formula is C12H14ClN3O4. The maximum Gasteiger partial charge on any atom is 0.339 e. The van der Waals surface area contributed by atoms with Gasteiger partial charge in [0.2, 0.25) is 5.82 Å². The zero-order valence-electron chi connectivity index (χ0n) is 10.9. The van der Waals surface area contributed by atoms with Gasteiger partial charge in [-0.25, -0.2) is 9.78 Å². The number of carbonyl (C=O) groups is 1. The molecule has 20 heavy (non-hydrogen) atoms. The molecule has 0 saturated carbocycles. The monoisotopic (exact) mass is 299 g/mol. The fourth-order valence-electron chi connectivity index (χ4n) is 2.38. The number of halogens is 1. The van der Waals surface area contributed by atoms with Crippen LogP contribution in [0, 0.1) is 17.0 Å². The van der Waals surface area contributed by atoms with Crippen molar-refractivity contribution < 1.29 is 14.8 Å². The largest absolute Gasteiger partial charge is 0.478 e. The Balaban J connectivity index is 2.61. The predicted molar refractivity (Wildman–Crippen MR) is 73.7 cm³/mol. The van der Waals surface area contributed by atoms with E-state index in [0.717, 1.165) is 19.3 Å². The summed E-state index contributed by atoms with van der Waals surface area (Å²) in [4.78, 5) is 27.6. The molecule has 1 N–H and O–H groups in total. The lowest BCUT2D eigenvalue weighted by molar-refractivity contribution is -0.384. The normalized spacial score (nSPS) is 15.2. The van der Waals surface area contributed by atoms with Gasteiger partial charge in [-0.1, -0.05) is 11.6 Å². The van der Waals surface area contributed by atoms with Crippen LogP contribution in [0.4, 0.5) is 11.5 Å². The zero-order chi connectivity index (χ0) is 14.9. The summed E-state index contributed by atoms with van der Waals surface area (Å²) in [5, 5.41) is 20.0. The third-order valence-corrected chi connectivity index (χ3v) is 3.69. The number of hydrogen-bond acceptors (Lipinski definition) is 5. The van der Waals surface area contributed by atoms with Gasteiger partial charge in [0, 0.05) is 13.1 Å². The summed E-state index contributed by atoms with van der Waals surface area (Å²) in [5.41, 5.74) is -0.538. The highest BCUT2D eigenvalue weighted by molar-refractivity contribution is 6.36. The molecule has 2 rings (SSSR count). The van der Waals surface area contributed by atoms with Crippen LogP contribution >= 0.6 is 11.6 Å². The van der Waals surface area contributed by atoms with Crippen molar-refractivity contribution in [1.29, 1.82) is 0 Å². The van der Waals surface area contributed by atoms with Crippen molar-refractivity contribution in [1.82, 2.24) is 4.98 Å². The molecule has 1 aromatic heterocycles. The van der Waals surface area contributed by atoms with Gasteiger partial charge >= 0.3 is 11.7 Å². The number of aryl methyl sites for hydroxylation is 1. The summed E-state index contributed by atoms with van der Waals surface area (Å²) in [7, 11) is 0. The molecule has 1 fully saturated rings. The number of carboxylic acids is 1. The van der Waals surface area contributed by atoms with Crippen LogP contribution in [-0.2, 0) is 0 Å². The van der Waals surface area contributed by atoms with Crippen LogP contribution in [0.5, 0.6) is 0 Å². The zero-order valence-corrected chi connectivity index (χ0v) is 11.7. The molecule has 108 valence electrons. The van der Waals surface area contributed by atoms with Crippen LogP contribution in [0.3, 0.4) is 0 Å². The van der Waals surface area contributed by atoms with E-state index in [2.05, 4.69) is 4.98 Å². The number of anilines is 1. The minimum atomic E-state index is -1.31. The van der Waals surface area contributed by atoms with Crippen molar-refractivity contribution in [3.8, 4) is 0 Å². The fourth-order valence-corrected chi connectivity index (χ4v) is 2.75. The Hall–Kier alpha value is -1.89. The van der Waals surface area contributed by atoms with E-state index < -0.39 is 16.6 Å². The van der Waals surface area contributed by atoms with Crippen LogP contribution < -0.4 is 4.90 Å². The van der Waals surface area contributed by atoms with E-state index in [-0.39, 0.29) is 22.1 Å². The quantitative estimate of drug-likeness (QED) is 0.680. The molecule has 1 aliphatic rings. The molecule has 0 atom stereocenters. The van der Waals surface area contributed by atoms with E-state index in [0.29, 0.717) is 13.1 Å². The van der Waals surface area contributed by atoms with E-state index in [1.165, 1.54) is 6.92 Å². The van der Waals surface area contributed by atoms with E-state index in [1.54, 1.807) is 4.90 Å². The number of piperidine rings is 1. The fraction of sp³-hybridized carbons (Fsp3) is 0.500. The second-order valence-electron chi connectivity index (χ2n) is 4.67. The molecule has 1 saturated heterocycles. The summed E-state index contributed by atoms with van der Waals surface area (Å²) in [6.45, 7) is 2.82. The van der Waals surface area contributed by atoms with Gasteiger partial charge in [0.15, 0.2) is 0 Å². The number of aromatic nitrogens is 1. The molecule has 0 bridgehead atoms. The SMILES string of the molecule is Cc1nc(N2CCCCC2)c([N+](=O)[O-])c(Cl)c1C(=O)O. The van der Waals surface area contributed by atoms with Gasteiger partial charge in [0.1, 0.15) is 10.6 Å². The third-order valence-electron chi connectivity index (χ3n) is 3.33. The lowest BCUT2D eigenvalue weighted by Gasteiger charge is -2.28. The first-order valence-corrected chi connectivity index (χ1v) is 6.64. The molecular weight excluding hydrogens is 286 g/mol. The Morgan fingerprint density at radius 1 is 1.40 bits per heavy atom. The van der Waals surface area contributed by atoms with Crippen LogP contribution in [0.15, 0.2) is 0 Å². The minimum absolute atomic E-state index is 0.169. The van der Waals surface area contributed by atoms with Gasteiger partial charge < -0.3 is 10.0 Å². The van der Waals surface area contributed by atoms with E-state index >= 15 is 0 Å². The molecule has 8 heteroatoms. The molecule has 1 aromatic rings. The number of pyridine rings is 1. The molecule has 7 nitrogen and oxygen atoms in total. The highest BCUT2D eigenvalue weighted by atomic mass is 35.5. The number of hydrogen-bond donors (Lipinski definition) is 1. The molecule has 2 heterocycles. The standard InChI is InChI=1S/C12H14ClN3O4/c1-7-8(12(17)18)9(13)10(16(19)20)11(14-7)15-5-3-2-4-6-15/h2-6H2,1H3,(H,17,18). The Morgan fingerprint density at radius 3 is 2.50 bits per heavy atom. The van der Waals surface area contributed by atoms with Crippen molar-refractivity contribution in [2.45, 2.75) is 26.2 Å². The Kier molecular flexibility index (Phi) is 4.08. The van der Waals surface area contributed by atoms with Gasteiger partial charge in [0.25, 0.3) is 0 Å². The predicted octanol–water partition coefficient (Wildman–Crippen LogP) is 2.64. The molecule has 0 unspecified atom stereocenters. The van der Waals surface area contributed by atoms with Crippen molar-refractivity contribution in [2.24, 2.45) is 0 Å². The van der Waals surface area contributed by atoms with Crippen molar-refractivity contribution in [3.63, 3.8) is 0 Å². The molecule has 0 aliphatic carbocycles. The minimum Gasteiger partial charge on any atom is -0.478 e. The topological polar surface area (TPSA) is 96.6 Å². The smallest absolute Gasteiger partial charge is 0.339 e. The average molecular weight is 300 g/mol.